The molecule has 0 radical (unpaired) electrons. The standard InChI is InChI=1S/C10H13F6O3/c1-3-6(4-2)5-19-7(17)8(18,9(11,12)13)10(14,15)16/h6H,3-5H2,1-2H3/q-1. The molecule has 0 aromatic heterocycles. The fourth-order valence-corrected chi connectivity index (χ4v) is 1.21. The summed E-state index contributed by atoms with van der Waals surface area (Å²) in [5.74, 6) is -3.26. The molecular weight excluding hydrogens is 282 g/mol. The van der Waals surface area contributed by atoms with Crippen LogP contribution in [0.1, 0.15) is 26.7 Å². The van der Waals surface area contributed by atoms with Gasteiger partial charge < -0.3 is 9.84 Å². The van der Waals surface area contributed by atoms with Crippen LogP contribution >= 0.6 is 0 Å². The molecule has 0 bridgehead atoms. The molecule has 3 nitrogen and oxygen atoms in total. The fourth-order valence-electron chi connectivity index (χ4n) is 1.21. The first-order valence-corrected chi connectivity index (χ1v) is 5.42. The molecule has 9 heteroatoms. The Bertz CT molecular complexity index is 291. The summed E-state index contributed by atoms with van der Waals surface area (Å²) in [6, 6.07) is 0. The van der Waals surface area contributed by atoms with Crippen molar-refractivity contribution in [2.24, 2.45) is 5.92 Å². The molecular formula is C10H13F6O3-. The maximum atomic E-state index is 12.2. The van der Waals surface area contributed by atoms with Gasteiger partial charge in [-0.25, -0.2) is 0 Å². The second kappa shape index (κ2) is 5.98. The summed E-state index contributed by atoms with van der Waals surface area (Å²) in [4.78, 5) is 10.9. The molecule has 0 N–H and O–H groups in total. The van der Waals surface area contributed by atoms with E-state index in [1.165, 1.54) is 0 Å². The summed E-state index contributed by atoms with van der Waals surface area (Å²) in [5, 5.41) is 10.9. The van der Waals surface area contributed by atoms with Crippen LogP contribution in [-0.2, 0) is 9.53 Å². The molecule has 0 spiro atoms. The second-order valence-electron chi connectivity index (χ2n) is 3.96. The molecule has 0 amide bonds. The van der Waals surface area contributed by atoms with Crippen LogP contribution in [0.25, 0.3) is 0 Å². The maximum absolute atomic E-state index is 12.2. The average molecular weight is 295 g/mol. The van der Waals surface area contributed by atoms with Crippen molar-refractivity contribution in [3.8, 4) is 0 Å². The Balaban J connectivity index is 5.07. The molecule has 0 aromatic rings. The van der Waals surface area contributed by atoms with E-state index >= 15 is 0 Å². The van der Waals surface area contributed by atoms with Crippen LogP contribution < -0.4 is 5.11 Å². The highest BCUT2D eigenvalue weighted by Gasteiger charge is 2.68. The van der Waals surface area contributed by atoms with E-state index in [0.29, 0.717) is 12.8 Å². The first kappa shape index (κ1) is 18.0. The zero-order valence-corrected chi connectivity index (χ0v) is 10.2. The lowest BCUT2D eigenvalue weighted by Gasteiger charge is -2.40. The summed E-state index contributed by atoms with van der Waals surface area (Å²) in [5.41, 5.74) is -5.74. The first-order valence-electron chi connectivity index (χ1n) is 5.42. The predicted octanol–water partition coefficient (Wildman–Crippen LogP) is 2.19. The lowest BCUT2D eigenvalue weighted by molar-refractivity contribution is -0.574. The number of alkyl halides is 6. The van der Waals surface area contributed by atoms with Gasteiger partial charge in [0.25, 0.3) is 0 Å². The lowest BCUT2D eigenvalue weighted by atomic mass is 10.0. The Hall–Kier alpha value is -0.990. The van der Waals surface area contributed by atoms with E-state index in [1.807, 2.05) is 0 Å². The van der Waals surface area contributed by atoms with Crippen molar-refractivity contribution >= 4 is 5.97 Å². The highest BCUT2D eigenvalue weighted by atomic mass is 19.4. The van der Waals surface area contributed by atoms with Crippen LogP contribution in [0.3, 0.4) is 0 Å². The third-order valence-electron chi connectivity index (χ3n) is 2.69. The highest BCUT2D eigenvalue weighted by Crippen LogP contribution is 2.41. The third-order valence-corrected chi connectivity index (χ3v) is 2.69. The molecule has 0 fully saturated rings. The number of ether oxygens (including phenoxy) is 1. The van der Waals surface area contributed by atoms with Gasteiger partial charge in [-0.15, -0.1) is 0 Å². The summed E-state index contributed by atoms with van der Waals surface area (Å²) in [6.07, 6.45) is -11.8. The summed E-state index contributed by atoms with van der Waals surface area (Å²) < 4.78 is 77.1. The van der Waals surface area contributed by atoms with E-state index in [4.69, 9.17) is 0 Å². The van der Waals surface area contributed by atoms with Gasteiger partial charge in [0.1, 0.15) is 0 Å². The van der Waals surface area contributed by atoms with Gasteiger partial charge in [-0.1, -0.05) is 26.7 Å². The molecule has 0 aliphatic carbocycles. The van der Waals surface area contributed by atoms with Gasteiger partial charge in [-0.2, -0.15) is 26.3 Å². The van der Waals surface area contributed by atoms with E-state index in [2.05, 4.69) is 4.74 Å². The topological polar surface area (TPSA) is 49.4 Å². The van der Waals surface area contributed by atoms with Gasteiger partial charge in [-0.3, -0.25) is 4.79 Å². The SMILES string of the molecule is CCC(CC)COC(=O)C([O-])(C(F)(F)F)C(F)(F)F. The Morgan fingerprint density at radius 2 is 1.42 bits per heavy atom. The highest BCUT2D eigenvalue weighted by molar-refractivity contribution is 5.81. The van der Waals surface area contributed by atoms with E-state index in [9.17, 15) is 36.2 Å². The predicted molar refractivity (Wildman–Crippen MR) is 49.9 cm³/mol. The smallest absolute Gasteiger partial charge is 0.399 e. The fraction of sp³-hybridized carbons (Fsp3) is 0.900. The van der Waals surface area contributed by atoms with Crippen LogP contribution in [0.15, 0.2) is 0 Å². The lowest BCUT2D eigenvalue weighted by Crippen LogP contribution is -2.71. The normalized spacial score (nSPS) is 13.8. The van der Waals surface area contributed by atoms with Gasteiger partial charge in [0, 0.05) is 0 Å². The van der Waals surface area contributed by atoms with Crippen molar-refractivity contribution in [2.45, 2.75) is 44.6 Å². The van der Waals surface area contributed by atoms with Gasteiger partial charge >= 0.3 is 18.3 Å². The number of hydrogen-bond acceptors (Lipinski definition) is 3. The minimum absolute atomic E-state index is 0.394. The molecule has 0 rings (SSSR count). The van der Waals surface area contributed by atoms with Gasteiger partial charge in [-0.05, 0) is 5.92 Å². The molecule has 0 aromatic carbocycles. The van der Waals surface area contributed by atoms with Crippen LogP contribution in [0.5, 0.6) is 0 Å². The van der Waals surface area contributed by atoms with Crippen LogP contribution in [0.4, 0.5) is 26.3 Å². The Morgan fingerprint density at radius 1 is 1.05 bits per heavy atom. The van der Waals surface area contributed by atoms with Crippen molar-refractivity contribution in [2.75, 3.05) is 6.61 Å². The van der Waals surface area contributed by atoms with Crippen LogP contribution in [-0.4, -0.2) is 30.5 Å². The van der Waals surface area contributed by atoms with Gasteiger partial charge in [0.05, 0.1) is 6.61 Å². The molecule has 0 unspecified atom stereocenters. The zero-order chi connectivity index (χ0) is 15.5. The van der Waals surface area contributed by atoms with E-state index in [-0.39, 0.29) is 0 Å². The summed E-state index contributed by atoms with van der Waals surface area (Å²) in [6.45, 7) is 2.60. The Kier molecular flexibility index (Phi) is 5.66. The van der Waals surface area contributed by atoms with Crippen molar-refractivity contribution in [3.05, 3.63) is 0 Å². The number of carbonyl (C=O) groups is 1. The number of hydrogen-bond donors (Lipinski definition) is 0. The van der Waals surface area contributed by atoms with E-state index in [0.717, 1.165) is 0 Å². The number of halogens is 6. The molecule has 0 aliphatic rings. The Morgan fingerprint density at radius 3 is 1.68 bits per heavy atom. The quantitative estimate of drug-likeness (QED) is 0.577. The zero-order valence-electron chi connectivity index (χ0n) is 10.2. The molecule has 0 atom stereocenters. The molecule has 0 heterocycles. The average Bonchev–Trinajstić information content (AvgIpc) is 2.25. The minimum atomic E-state index is -6.31. The van der Waals surface area contributed by atoms with Crippen LogP contribution in [0, 0.1) is 5.92 Å². The van der Waals surface area contributed by atoms with Crippen molar-refractivity contribution in [3.63, 3.8) is 0 Å². The molecule has 0 saturated heterocycles. The van der Waals surface area contributed by atoms with E-state index in [1.54, 1.807) is 13.8 Å². The number of esters is 1. The van der Waals surface area contributed by atoms with Crippen LogP contribution in [0.2, 0.25) is 0 Å². The van der Waals surface area contributed by atoms with Crippen molar-refractivity contribution < 1.29 is 41.0 Å². The molecule has 19 heavy (non-hydrogen) atoms. The maximum Gasteiger partial charge on any atom is 0.399 e. The first-order chi connectivity index (χ1) is 8.41. The summed E-state index contributed by atoms with van der Waals surface area (Å²) in [7, 11) is 0. The van der Waals surface area contributed by atoms with Crippen molar-refractivity contribution in [1.82, 2.24) is 0 Å². The summed E-state index contributed by atoms with van der Waals surface area (Å²) >= 11 is 0. The molecule has 114 valence electrons. The largest absolute Gasteiger partial charge is 0.828 e. The van der Waals surface area contributed by atoms with Crippen molar-refractivity contribution in [1.29, 1.82) is 0 Å². The van der Waals surface area contributed by atoms with E-state index < -0.39 is 36.4 Å². The number of rotatable bonds is 5. The molecule has 0 saturated carbocycles. The second-order valence-corrected chi connectivity index (χ2v) is 3.96. The Labute approximate surface area is 105 Å². The van der Waals surface area contributed by atoms with Gasteiger partial charge in [0.15, 0.2) is 5.60 Å². The van der Waals surface area contributed by atoms with Gasteiger partial charge in [0.2, 0.25) is 0 Å². The third kappa shape index (κ3) is 3.74. The monoisotopic (exact) mass is 295 g/mol. The molecule has 0 aliphatic heterocycles. The minimum Gasteiger partial charge on any atom is -0.828 e. The number of carbonyl (C=O) groups excluding carboxylic acids is 1.